The lowest BCUT2D eigenvalue weighted by molar-refractivity contribution is 0.177. The zero-order valence-corrected chi connectivity index (χ0v) is 10.2. The van der Waals surface area contributed by atoms with Crippen LogP contribution in [0.1, 0.15) is 38.4 Å². The molecule has 2 rings (SSSR count). The Morgan fingerprint density at radius 2 is 2.38 bits per heavy atom. The van der Waals surface area contributed by atoms with Crippen molar-refractivity contribution in [2.24, 2.45) is 0 Å². The number of hydrogen-bond donors (Lipinski definition) is 1. The van der Waals surface area contributed by atoms with Gasteiger partial charge in [0.25, 0.3) is 0 Å². The van der Waals surface area contributed by atoms with Crippen LogP contribution >= 0.6 is 0 Å². The molecular formula is C11H20N4O. The predicted octanol–water partition coefficient (Wildman–Crippen LogP) is 0.987. The summed E-state index contributed by atoms with van der Waals surface area (Å²) in [5.74, 6) is 1.87. The summed E-state index contributed by atoms with van der Waals surface area (Å²) in [5.41, 5.74) is 0. The number of hydrogen-bond acceptors (Lipinski definition) is 5. The molecule has 5 nitrogen and oxygen atoms in total. The van der Waals surface area contributed by atoms with Crippen molar-refractivity contribution in [3.8, 4) is 0 Å². The summed E-state index contributed by atoms with van der Waals surface area (Å²) < 4.78 is 5.24. The third kappa shape index (κ3) is 2.80. The monoisotopic (exact) mass is 224 g/mol. The second kappa shape index (κ2) is 4.93. The molecule has 0 spiro atoms. The molecule has 1 atom stereocenters. The minimum absolute atomic E-state index is 0.333. The molecule has 0 aromatic carbocycles. The van der Waals surface area contributed by atoms with Gasteiger partial charge in [0.05, 0.1) is 6.54 Å². The van der Waals surface area contributed by atoms with Crippen molar-refractivity contribution >= 4 is 0 Å². The van der Waals surface area contributed by atoms with E-state index in [-0.39, 0.29) is 0 Å². The van der Waals surface area contributed by atoms with E-state index in [2.05, 4.69) is 41.1 Å². The van der Waals surface area contributed by atoms with Crippen LogP contribution in [0.4, 0.5) is 0 Å². The Morgan fingerprint density at radius 1 is 1.56 bits per heavy atom. The summed E-state index contributed by atoms with van der Waals surface area (Å²) in [6, 6.07) is 0.543. The summed E-state index contributed by atoms with van der Waals surface area (Å²) >= 11 is 0. The van der Waals surface area contributed by atoms with Crippen molar-refractivity contribution < 1.29 is 4.52 Å². The Labute approximate surface area is 96.2 Å². The first-order valence-electron chi connectivity index (χ1n) is 5.93. The van der Waals surface area contributed by atoms with Crippen LogP contribution in [0.5, 0.6) is 0 Å². The molecule has 5 heteroatoms. The zero-order chi connectivity index (χ0) is 11.5. The lowest BCUT2D eigenvalue weighted by Gasteiger charge is -2.30. The van der Waals surface area contributed by atoms with Crippen molar-refractivity contribution in [1.29, 1.82) is 0 Å². The molecule has 0 amide bonds. The van der Waals surface area contributed by atoms with Gasteiger partial charge < -0.3 is 9.84 Å². The maximum Gasteiger partial charge on any atom is 0.240 e. The molecule has 16 heavy (non-hydrogen) atoms. The average molecular weight is 224 g/mol. The van der Waals surface area contributed by atoms with Crippen LogP contribution in [-0.2, 0) is 6.54 Å². The summed E-state index contributed by atoms with van der Waals surface area (Å²) in [5, 5.41) is 7.38. The number of rotatable bonds is 3. The minimum Gasteiger partial charge on any atom is -0.338 e. The molecule has 2 heterocycles. The number of aromatic nitrogens is 2. The van der Waals surface area contributed by atoms with Gasteiger partial charge >= 0.3 is 0 Å². The standard InChI is InChI=1S/C11H20N4O/c1-8(2)11-13-10(16-14-11)7-15-5-4-12-9(3)6-15/h8-9,12H,4-7H2,1-3H3/t9-/m1/s1. The van der Waals surface area contributed by atoms with Crippen LogP contribution in [0, 0.1) is 0 Å². The molecule has 0 radical (unpaired) electrons. The van der Waals surface area contributed by atoms with Crippen LogP contribution in [0.25, 0.3) is 0 Å². The van der Waals surface area contributed by atoms with Gasteiger partial charge in [0.1, 0.15) is 0 Å². The lowest BCUT2D eigenvalue weighted by atomic mass is 10.2. The Bertz CT molecular complexity index is 336. The summed E-state index contributed by atoms with van der Waals surface area (Å²) in [7, 11) is 0. The molecule has 1 fully saturated rings. The van der Waals surface area contributed by atoms with Crippen LogP contribution < -0.4 is 5.32 Å². The minimum atomic E-state index is 0.333. The highest BCUT2D eigenvalue weighted by molar-refractivity contribution is 4.92. The van der Waals surface area contributed by atoms with Crippen LogP contribution in [0.3, 0.4) is 0 Å². The molecule has 0 bridgehead atoms. The third-order valence-electron chi connectivity index (χ3n) is 2.81. The van der Waals surface area contributed by atoms with Gasteiger partial charge in [0.15, 0.2) is 5.82 Å². The molecule has 1 N–H and O–H groups in total. The van der Waals surface area contributed by atoms with E-state index in [1.807, 2.05) is 0 Å². The van der Waals surface area contributed by atoms with Gasteiger partial charge in [0.2, 0.25) is 5.89 Å². The Hall–Kier alpha value is -0.940. The van der Waals surface area contributed by atoms with E-state index >= 15 is 0 Å². The average Bonchev–Trinajstić information content (AvgIpc) is 2.66. The van der Waals surface area contributed by atoms with Gasteiger partial charge in [-0.3, -0.25) is 4.90 Å². The molecule has 1 saturated heterocycles. The third-order valence-corrected chi connectivity index (χ3v) is 2.81. The summed E-state index contributed by atoms with van der Waals surface area (Å²) in [6.45, 7) is 10.2. The largest absolute Gasteiger partial charge is 0.338 e. The first kappa shape index (κ1) is 11.5. The highest BCUT2D eigenvalue weighted by Crippen LogP contribution is 2.11. The van der Waals surface area contributed by atoms with Crippen molar-refractivity contribution in [3.05, 3.63) is 11.7 Å². The fourth-order valence-corrected chi connectivity index (χ4v) is 1.91. The van der Waals surface area contributed by atoms with E-state index in [0.29, 0.717) is 12.0 Å². The lowest BCUT2D eigenvalue weighted by Crippen LogP contribution is -2.48. The zero-order valence-electron chi connectivity index (χ0n) is 10.2. The molecule has 1 aliphatic heterocycles. The van der Waals surface area contributed by atoms with Crippen molar-refractivity contribution in [2.75, 3.05) is 19.6 Å². The Balaban J connectivity index is 1.92. The first-order chi connectivity index (χ1) is 7.65. The highest BCUT2D eigenvalue weighted by Gasteiger charge is 2.18. The smallest absolute Gasteiger partial charge is 0.240 e. The quantitative estimate of drug-likeness (QED) is 0.829. The molecule has 1 aromatic heterocycles. The van der Waals surface area contributed by atoms with Gasteiger partial charge in [-0.05, 0) is 6.92 Å². The van der Waals surface area contributed by atoms with E-state index in [9.17, 15) is 0 Å². The van der Waals surface area contributed by atoms with E-state index in [4.69, 9.17) is 4.52 Å². The Kier molecular flexibility index (Phi) is 3.56. The van der Waals surface area contributed by atoms with Gasteiger partial charge in [-0.2, -0.15) is 4.98 Å². The number of piperazine rings is 1. The maximum absolute atomic E-state index is 5.24. The van der Waals surface area contributed by atoms with Crippen molar-refractivity contribution in [2.45, 2.75) is 39.3 Å². The normalized spacial score (nSPS) is 22.9. The van der Waals surface area contributed by atoms with E-state index in [1.165, 1.54) is 0 Å². The first-order valence-corrected chi connectivity index (χ1v) is 5.93. The number of nitrogens with one attached hydrogen (secondary N) is 1. The molecule has 0 aliphatic carbocycles. The Morgan fingerprint density at radius 3 is 3.00 bits per heavy atom. The second-order valence-corrected chi connectivity index (χ2v) is 4.79. The van der Waals surface area contributed by atoms with Crippen molar-refractivity contribution in [3.63, 3.8) is 0 Å². The molecule has 0 saturated carbocycles. The van der Waals surface area contributed by atoms with Gasteiger partial charge in [-0.15, -0.1) is 0 Å². The van der Waals surface area contributed by atoms with E-state index < -0.39 is 0 Å². The van der Waals surface area contributed by atoms with Crippen LogP contribution in [0.15, 0.2) is 4.52 Å². The van der Waals surface area contributed by atoms with Gasteiger partial charge in [-0.25, -0.2) is 0 Å². The molecule has 90 valence electrons. The molecular weight excluding hydrogens is 204 g/mol. The van der Waals surface area contributed by atoms with Crippen LogP contribution in [0.2, 0.25) is 0 Å². The second-order valence-electron chi connectivity index (χ2n) is 4.79. The maximum atomic E-state index is 5.24. The van der Waals surface area contributed by atoms with Gasteiger partial charge in [0, 0.05) is 31.6 Å². The van der Waals surface area contributed by atoms with Crippen LogP contribution in [-0.4, -0.2) is 40.7 Å². The van der Waals surface area contributed by atoms with Crippen molar-refractivity contribution in [1.82, 2.24) is 20.4 Å². The van der Waals surface area contributed by atoms with Gasteiger partial charge in [-0.1, -0.05) is 19.0 Å². The predicted molar refractivity (Wildman–Crippen MR) is 61.1 cm³/mol. The highest BCUT2D eigenvalue weighted by atomic mass is 16.5. The topological polar surface area (TPSA) is 54.2 Å². The molecule has 0 unspecified atom stereocenters. The summed E-state index contributed by atoms with van der Waals surface area (Å²) in [6.07, 6.45) is 0. The molecule has 1 aliphatic rings. The fourth-order valence-electron chi connectivity index (χ4n) is 1.91. The fraction of sp³-hybridized carbons (Fsp3) is 0.818. The molecule has 1 aromatic rings. The van der Waals surface area contributed by atoms with E-state index in [1.54, 1.807) is 0 Å². The summed E-state index contributed by atoms with van der Waals surface area (Å²) in [4.78, 5) is 6.74. The van der Waals surface area contributed by atoms with E-state index in [0.717, 1.165) is 37.9 Å². The number of nitrogens with zero attached hydrogens (tertiary/aromatic N) is 3. The SMILES string of the molecule is CC(C)c1noc(CN2CCN[C@H](C)C2)n1.